The summed E-state index contributed by atoms with van der Waals surface area (Å²) in [6.45, 7) is -9.49. The molecule has 49 rings (SSSR count). The first-order valence-corrected chi connectivity index (χ1v) is 47.4. The van der Waals surface area contributed by atoms with Gasteiger partial charge in [-0.25, -0.2) is 0 Å². The van der Waals surface area contributed by atoms with E-state index in [1.54, 1.807) is 0 Å². The molecule has 0 aromatic carbocycles. The lowest BCUT2D eigenvalue weighted by atomic mass is 9.95. The molecule has 0 aromatic heterocycles. The van der Waals surface area contributed by atoms with E-state index in [-0.39, 0.29) is 0 Å². The third-order valence-electron chi connectivity index (χ3n) is 25.7. The van der Waals surface area contributed by atoms with Crippen molar-refractivity contribution in [1.29, 1.82) is 0 Å². The SMILES string of the molecule is OC[C@H]1O[C@@H]2O[C@H]3[C@H](O)[C@@H](O)[C@H]4O[C@H]5[C@H](O)[C@@H](O)[C@@H](O[C@H]6[C@H](O)[C@@H](O)[C@@H](O[C@H]7[C@H](O)[C@@H](O)[C@@H](O[C@H]8[C@H](O)[C@@H](O)[C@@H](O[C@H]1[C@H](O)[C@H]2O)O[C@@H]8CO)O[C@@H]7CSSC[C@H]1O[C@@H]2O[C@H]7[C@H](O)[C@@H](O)[C@@H](O[C@H]8[C@H](O)[C@@H](O)[C@@H](O[C@H]9[C@H](O)[C@@H](O)[C@@H](O[C@H]%10[C@H](O)[C@@H](O)[C@@H](O[C@H]%11[C@H](O)[C@@H](O)[C@@H](O[C@H]1[C@H](O)[C@H]2O)O[C@@H]%11CO)O[C@@H]%10CO)O[C@@H]9CSSC[C@H]3O4)O[C@@H]8CO)O[C@@H]7CO)O[C@@H]6CO)O[C@@H]5CO. The Hall–Kier alpha value is -0.840. The van der Waals surface area contributed by atoms with E-state index in [9.17, 15) is 163 Å². The van der Waals surface area contributed by atoms with Crippen molar-refractivity contribution in [3.63, 3.8) is 0 Å². The van der Waals surface area contributed by atoms with Gasteiger partial charge in [-0.05, 0) is 0 Å². The van der Waals surface area contributed by atoms with Crippen molar-refractivity contribution >= 4 is 43.2 Å². The van der Waals surface area contributed by atoms with Crippen LogP contribution in [0.2, 0.25) is 0 Å². The molecule has 132 heavy (non-hydrogen) atoms. The van der Waals surface area contributed by atoms with E-state index in [0.717, 1.165) is 0 Å². The van der Waals surface area contributed by atoms with E-state index in [1.165, 1.54) is 0 Å². The van der Waals surface area contributed by atoms with Crippen LogP contribution in [0.25, 0.3) is 0 Å². The number of aliphatic hydroxyl groups is 32. The highest BCUT2D eigenvalue weighted by Gasteiger charge is 2.64. The lowest BCUT2D eigenvalue weighted by Crippen LogP contribution is -2.69. The second-order valence-electron chi connectivity index (χ2n) is 34.1. The number of rotatable bonds is 8. The molecule has 60 heteroatoms. The largest absolute Gasteiger partial charge is 0.394 e. The van der Waals surface area contributed by atoms with Crippen LogP contribution in [-0.4, -0.2) is 608 Å². The molecular formula is C72H116O56S4. The summed E-state index contributed by atoms with van der Waals surface area (Å²) in [7, 11) is 2.71. The Kier molecular flexibility index (Phi) is 36.1. The minimum atomic E-state index is -2.42. The number of hydrogen-bond acceptors (Lipinski definition) is 60. The first kappa shape index (κ1) is 105. The molecule has 49 fully saturated rings. The zero-order chi connectivity index (χ0) is 94.9. The van der Waals surface area contributed by atoms with Gasteiger partial charge in [0.25, 0.3) is 0 Å². The standard InChI is InChI=1S/C72H116O56S4/c73-1-13-49-29(85)41(97)65(109-13)125-57-21-9-129-130-10-22-58-35(91)47(103)71(115-22)123-55-19(7-79)107-63(39(95)27(55)83)120-52-16(4-76)112-68(44(100)32(52)88)128-60-24(116-72(48(104)36(60)92)124-56-20(8-80)108-64(40(96)28(56)84)119-51-15(3-75)110-66(126-58)42(98)30(51)86)12-132-131-11-23-59(34(90)46(102)70(114-23)121-53-17(5-77)105-61(117-49)37(93)25(53)81)127-67-43(99)31(87)50(14(2-74)111-67)118-62-38(94)26(82)54(18(6-78)106-62)122-69(113-21)45(101)33(57)89/h13-104H,1-12H2/t13-,14-,15-,16-,17-,18-,19-,20-,21-,22-,23-,24-,25-,26-,27-,28-,29-,30-,31-,32-,33-,34-,35-,36-,37-,38-,39-,40-,41-,42-,43-,44-,45-,46-,47-,48-,49-,50-,51-,52-,53-,54-,55-,56-,57-,58-,59-,60-,61-,62-,63-,64-,65-,66-,67-,68-,69-,70-,71-,72-/m1/s1. The fraction of sp³-hybridized carbons (Fsp3) is 1.00. The van der Waals surface area contributed by atoms with Crippen LogP contribution in [-0.2, 0) is 114 Å². The molecule has 0 amide bonds. The summed E-state index contributed by atoms with van der Waals surface area (Å²) in [5.74, 6) is -2.52. The van der Waals surface area contributed by atoms with Crippen LogP contribution in [0.15, 0.2) is 0 Å². The third-order valence-corrected chi connectivity index (χ3v) is 30.5. The van der Waals surface area contributed by atoms with E-state index in [4.69, 9.17) is 114 Å². The quantitative estimate of drug-likeness (QED) is 0.100. The zero-order valence-corrected chi connectivity index (χ0v) is 72.1. The first-order chi connectivity index (χ1) is 63.0. The van der Waals surface area contributed by atoms with Crippen LogP contribution in [0.1, 0.15) is 0 Å². The van der Waals surface area contributed by atoms with Gasteiger partial charge >= 0.3 is 0 Å². The highest BCUT2D eigenvalue weighted by Crippen LogP contribution is 2.46. The van der Waals surface area contributed by atoms with Crippen molar-refractivity contribution in [2.24, 2.45) is 0 Å². The van der Waals surface area contributed by atoms with Crippen molar-refractivity contribution in [3.05, 3.63) is 0 Å². The van der Waals surface area contributed by atoms with Crippen molar-refractivity contribution in [2.75, 3.05) is 75.9 Å². The van der Waals surface area contributed by atoms with Crippen molar-refractivity contribution in [2.45, 2.75) is 368 Å². The first-order valence-electron chi connectivity index (χ1n) is 42.4. The van der Waals surface area contributed by atoms with E-state index in [0.29, 0.717) is 43.2 Å². The molecule has 28 bridgehead atoms. The maximum Gasteiger partial charge on any atom is 0.187 e. The van der Waals surface area contributed by atoms with Gasteiger partial charge in [0, 0.05) is 23.0 Å². The fourth-order valence-electron chi connectivity index (χ4n) is 18.3. The second kappa shape index (κ2) is 45.2. The van der Waals surface area contributed by atoms with Gasteiger partial charge in [-0.3, -0.25) is 0 Å². The minimum Gasteiger partial charge on any atom is -0.394 e. The Morgan fingerprint density at radius 3 is 0.341 bits per heavy atom. The van der Waals surface area contributed by atoms with Crippen LogP contribution in [0.4, 0.5) is 0 Å². The van der Waals surface area contributed by atoms with Crippen LogP contribution in [0.3, 0.4) is 0 Å². The molecule has 49 aliphatic rings. The topological polar surface area (TPSA) is 869 Å². The maximum atomic E-state index is 12.4. The minimum absolute atomic E-state index is 0.629. The summed E-state index contributed by atoms with van der Waals surface area (Å²) in [5, 5.41) is 377. The summed E-state index contributed by atoms with van der Waals surface area (Å²) in [4.78, 5) is 0. The summed E-state index contributed by atoms with van der Waals surface area (Å²) >= 11 is 0. The van der Waals surface area contributed by atoms with E-state index < -0.39 is 444 Å². The van der Waals surface area contributed by atoms with E-state index in [1.807, 2.05) is 0 Å². The number of hydrogen-bond donors (Lipinski definition) is 32. The smallest absolute Gasteiger partial charge is 0.187 e. The molecule has 0 saturated carbocycles. The molecule has 0 aliphatic carbocycles. The number of ether oxygens (including phenoxy) is 24. The molecule has 764 valence electrons. The molecule has 0 spiro atoms. The van der Waals surface area contributed by atoms with Gasteiger partial charge in [0.15, 0.2) is 75.5 Å². The molecule has 0 unspecified atom stereocenters. The van der Waals surface area contributed by atoms with E-state index >= 15 is 0 Å². The Morgan fingerprint density at radius 1 is 0.129 bits per heavy atom. The molecule has 60 atom stereocenters. The van der Waals surface area contributed by atoms with Crippen molar-refractivity contribution < 1.29 is 277 Å². The van der Waals surface area contributed by atoms with Gasteiger partial charge in [-0.15, -0.1) is 0 Å². The molecule has 0 aromatic rings. The van der Waals surface area contributed by atoms with Gasteiger partial charge in [-0.1, -0.05) is 43.2 Å². The Bertz CT molecular complexity index is 3110. The monoisotopic (exact) mass is 2000 g/mol. The summed E-state index contributed by atoms with van der Waals surface area (Å²) in [6, 6.07) is 0. The predicted molar refractivity (Wildman–Crippen MR) is 413 cm³/mol. The van der Waals surface area contributed by atoms with Crippen molar-refractivity contribution in [3.8, 4) is 0 Å². The summed E-state index contributed by atoms with van der Waals surface area (Å²) in [5.41, 5.74) is 0. The molecule has 56 nitrogen and oxygen atoms in total. The fourth-order valence-corrected chi connectivity index (χ4v) is 23.0. The molecule has 49 aliphatic heterocycles. The molecule has 49 saturated heterocycles. The Balaban J connectivity index is 0.848. The van der Waals surface area contributed by atoms with Crippen LogP contribution < -0.4 is 0 Å². The summed E-state index contributed by atoms with van der Waals surface area (Å²) < 4.78 is 145. The maximum absolute atomic E-state index is 12.4. The highest BCUT2D eigenvalue weighted by atomic mass is 33.1. The Labute approximate surface area is 761 Å². The van der Waals surface area contributed by atoms with Crippen LogP contribution >= 0.6 is 43.2 Å². The van der Waals surface area contributed by atoms with E-state index in [2.05, 4.69) is 0 Å². The predicted octanol–water partition coefficient (Wildman–Crippen LogP) is -21.3. The van der Waals surface area contributed by atoms with Gasteiger partial charge in [0.05, 0.1) is 77.3 Å². The second-order valence-corrected chi connectivity index (χ2v) is 39.2. The zero-order valence-electron chi connectivity index (χ0n) is 68.9. The Morgan fingerprint density at radius 2 is 0.227 bits per heavy atom. The summed E-state index contributed by atoms with van der Waals surface area (Å²) in [6.07, 6.45) is -132. The average Bonchev–Trinajstić information content (AvgIpc) is 0.767. The lowest BCUT2D eigenvalue weighted by Gasteiger charge is -2.51. The van der Waals surface area contributed by atoms with Crippen LogP contribution in [0.5, 0.6) is 0 Å². The lowest BCUT2D eigenvalue weighted by molar-refractivity contribution is -0.401. The normalized spacial score (nSPS) is 56.4. The van der Waals surface area contributed by atoms with Crippen LogP contribution in [0, 0.1) is 0 Å². The highest BCUT2D eigenvalue weighted by molar-refractivity contribution is 8.77. The molecule has 0 radical (unpaired) electrons. The van der Waals surface area contributed by atoms with Crippen molar-refractivity contribution in [1.82, 2.24) is 0 Å². The molecule has 49 heterocycles. The van der Waals surface area contributed by atoms with Gasteiger partial charge in [0.1, 0.15) is 269 Å². The van der Waals surface area contributed by atoms with Gasteiger partial charge < -0.3 is 277 Å². The molecular weight excluding hydrogens is 1890 g/mol. The van der Waals surface area contributed by atoms with Gasteiger partial charge in [-0.2, -0.15) is 0 Å². The average molecular weight is 2010 g/mol. The number of aliphatic hydroxyl groups excluding tert-OH is 32. The van der Waals surface area contributed by atoms with Gasteiger partial charge in [0.2, 0.25) is 0 Å². The third kappa shape index (κ3) is 21.1. The molecule has 32 N–H and O–H groups in total.